The molecule has 0 saturated carbocycles. The van der Waals surface area contributed by atoms with Crippen LogP contribution in [0.5, 0.6) is 5.75 Å². The predicted octanol–water partition coefficient (Wildman–Crippen LogP) is 5.43. The summed E-state index contributed by atoms with van der Waals surface area (Å²) in [7, 11) is 0. The Morgan fingerprint density at radius 2 is 1.60 bits per heavy atom. The summed E-state index contributed by atoms with van der Waals surface area (Å²) in [5, 5.41) is 0. The lowest BCUT2D eigenvalue weighted by atomic mass is 10.1. The van der Waals surface area contributed by atoms with E-state index >= 15 is 0 Å². The van der Waals surface area contributed by atoms with E-state index in [1.165, 1.54) is 18.4 Å². The zero-order valence-electron chi connectivity index (χ0n) is 12.1. The second-order valence-corrected chi connectivity index (χ2v) is 4.84. The van der Waals surface area contributed by atoms with Crippen LogP contribution in [0.4, 0.5) is 0 Å². The Morgan fingerprint density at radius 3 is 2.40 bits per heavy atom. The van der Waals surface area contributed by atoms with Crippen molar-refractivity contribution in [1.82, 2.24) is 0 Å². The van der Waals surface area contributed by atoms with E-state index in [1.54, 1.807) is 0 Å². The molecule has 1 nitrogen and oxygen atoms in total. The number of hydrogen-bond acceptors (Lipinski definition) is 1. The smallest absolute Gasteiger partial charge is 0.126 e. The van der Waals surface area contributed by atoms with E-state index in [4.69, 9.17) is 4.74 Å². The number of unbranched alkanes of at least 4 members (excludes halogenated alkanes) is 2. The van der Waals surface area contributed by atoms with Crippen molar-refractivity contribution in [3.05, 3.63) is 65.7 Å². The molecule has 0 unspecified atom stereocenters. The minimum absolute atomic E-state index is 0.796. The topological polar surface area (TPSA) is 9.23 Å². The maximum atomic E-state index is 5.88. The van der Waals surface area contributed by atoms with Gasteiger partial charge in [0.05, 0.1) is 6.61 Å². The SMILES string of the molecule is CCCCCOc1ccccc1C=Cc1ccccc1. The third-order valence-electron chi connectivity index (χ3n) is 3.18. The first kappa shape index (κ1) is 14.4. The molecule has 0 amide bonds. The predicted molar refractivity (Wildman–Crippen MR) is 86.8 cm³/mol. The first-order valence-electron chi connectivity index (χ1n) is 7.35. The van der Waals surface area contributed by atoms with Crippen LogP contribution in [0.1, 0.15) is 37.3 Å². The molecule has 0 aliphatic heterocycles. The van der Waals surface area contributed by atoms with E-state index in [-0.39, 0.29) is 0 Å². The molecule has 0 bridgehead atoms. The Hall–Kier alpha value is -2.02. The Labute approximate surface area is 121 Å². The molecule has 2 rings (SSSR count). The maximum Gasteiger partial charge on any atom is 0.126 e. The summed E-state index contributed by atoms with van der Waals surface area (Å²) in [6, 6.07) is 18.5. The van der Waals surface area contributed by atoms with Crippen LogP contribution in [0.3, 0.4) is 0 Å². The van der Waals surface area contributed by atoms with Gasteiger partial charge in [0.1, 0.15) is 5.75 Å². The van der Waals surface area contributed by atoms with Crippen molar-refractivity contribution < 1.29 is 4.74 Å². The van der Waals surface area contributed by atoms with Crippen LogP contribution in [-0.4, -0.2) is 6.61 Å². The highest BCUT2D eigenvalue weighted by molar-refractivity contribution is 5.72. The van der Waals surface area contributed by atoms with Gasteiger partial charge in [-0.2, -0.15) is 0 Å². The van der Waals surface area contributed by atoms with Gasteiger partial charge in [0, 0.05) is 5.56 Å². The molecule has 0 aromatic heterocycles. The van der Waals surface area contributed by atoms with Crippen molar-refractivity contribution in [1.29, 1.82) is 0 Å². The molecule has 0 heterocycles. The van der Waals surface area contributed by atoms with Crippen molar-refractivity contribution >= 4 is 12.2 Å². The number of benzene rings is 2. The maximum absolute atomic E-state index is 5.88. The first-order valence-corrected chi connectivity index (χ1v) is 7.35. The second-order valence-electron chi connectivity index (χ2n) is 4.84. The largest absolute Gasteiger partial charge is 0.493 e. The monoisotopic (exact) mass is 266 g/mol. The molecular weight excluding hydrogens is 244 g/mol. The number of rotatable bonds is 7. The molecule has 0 spiro atoms. The van der Waals surface area contributed by atoms with Crippen LogP contribution < -0.4 is 4.74 Å². The van der Waals surface area contributed by atoms with Crippen LogP contribution in [-0.2, 0) is 0 Å². The average Bonchev–Trinajstić information content (AvgIpc) is 2.51. The van der Waals surface area contributed by atoms with E-state index in [1.807, 2.05) is 36.4 Å². The Bertz CT molecular complexity index is 528. The molecule has 0 fully saturated rings. The van der Waals surface area contributed by atoms with Crippen LogP contribution >= 0.6 is 0 Å². The van der Waals surface area contributed by atoms with E-state index in [0.29, 0.717) is 0 Å². The summed E-state index contributed by atoms with van der Waals surface area (Å²) in [5.74, 6) is 0.968. The van der Waals surface area contributed by atoms with E-state index in [9.17, 15) is 0 Å². The zero-order chi connectivity index (χ0) is 14.0. The lowest BCUT2D eigenvalue weighted by Crippen LogP contribution is -1.98. The number of para-hydroxylation sites is 1. The summed E-state index contributed by atoms with van der Waals surface area (Å²) >= 11 is 0. The lowest BCUT2D eigenvalue weighted by molar-refractivity contribution is 0.305. The van der Waals surface area contributed by atoms with Gasteiger partial charge in [0.2, 0.25) is 0 Å². The van der Waals surface area contributed by atoms with Crippen molar-refractivity contribution in [2.75, 3.05) is 6.61 Å². The lowest BCUT2D eigenvalue weighted by Gasteiger charge is -2.08. The molecule has 1 heteroatoms. The zero-order valence-corrected chi connectivity index (χ0v) is 12.1. The Kier molecular flexibility index (Phi) is 5.91. The molecule has 0 radical (unpaired) electrons. The van der Waals surface area contributed by atoms with Gasteiger partial charge in [-0.05, 0) is 18.1 Å². The molecule has 0 aliphatic rings. The highest BCUT2D eigenvalue weighted by Crippen LogP contribution is 2.21. The highest BCUT2D eigenvalue weighted by Gasteiger charge is 1.99. The third kappa shape index (κ3) is 4.58. The second kappa shape index (κ2) is 8.21. The highest BCUT2D eigenvalue weighted by atomic mass is 16.5. The summed E-state index contributed by atoms with van der Waals surface area (Å²) in [4.78, 5) is 0. The van der Waals surface area contributed by atoms with E-state index in [0.717, 1.165) is 24.3 Å². The fraction of sp³-hybridized carbons (Fsp3) is 0.263. The summed E-state index contributed by atoms with van der Waals surface area (Å²) < 4.78 is 5.88. The molecule has 104 valence electrons. The molecule has 0 aliphatic carbocycles. The third-order valence-corrected chi connectivity index (χ3v) is 3.18. The molecule has 0 N–H and O–H groups in total. The van der Waals surface area contributed by atoms with Crippen LogP contribution in [0.2, 0.25) is 0 Å². The first-order chi connectivity index (χ1) is 9.90. The van der Waals surface area contributed by atoms with Gasteiger partial charge in [0.25, 0.3) is 0 Å². The minimum Gasteiger partial charge on any atom is -0.493 e. The van der Waals surface area contributed by atoms with Crippen LogP contribution in [0.25, 0.3) is 12.2 Å². The van der Waals surface area contributed by atoms with Crippen LogP contribution in [0.15, 0.2) is 54.6 Å². The standard InChI is InChI=1S/C19H22O/c1-2-3-9-16-20-19-13-8-7-12-18(19)15-14-17-10-5-4-6-11-17/h4-8,10-15H,2-3,9,16H2,1H3. The van der Waals surface area contributed by atoms with Crippen molar-refractivity contribution in [3.8, 4) is 5.75 Å². The number of ether oxygens (including phenoxy) is 1. The summed E-state index contributed by atoms with van der Waals surface area (Å²) in [5.41, 5.74) is 2.33. The van der Waals surface area contributed by atoms with Gasteiger partial charge >= 0.3 is 0 Å². The van der Waals surface area contributed by atoms with Crippen molar-refractivity contribution in [2.45, 2.75) is 26.2 Å². The van der Waals surface area contributed by atoms with Crippen LogP contribution in [0, 0.1) is 0 Å². The molecule has 0 saturated heterocycles. The van der Waals surface area contributed by atoms with Gasteiger partial charge in [0.15, 0.2) is 0 Å². The van der Waals surface area contributed by atoms with Gasteiger partial charge in [-0.3, -0.25) is 0 Å². The Morgan fingerprint density at radius 1 is 0.850 bits per heavy atom. The van der Waals surface area contributed by atoms with Gasteiger partial charge < -0.3 is 4.74 Å². The van der Waals surface area contributed by atoms with E-state index in [2.05, 4.69) is 37.3 Å². The van der Waals surface area contributed by atoms with Crippen molar-refractivity contribution in [2.24, 2.45) is 0 Å². The molecular formula is C19H22O. The van der Waals surface area contributed by atoms with Gasteiger partial charge in [-0.25, -0.2) is 0 Å². The molecule has 2 aromatic carbocycles. The van der Waals surface area contributed by atoms with Crippen molar-refractivity contribution in [3.63, 3.8) is 0 Å². The minimum atomic E-state index is 0.796. The molecule has 0 atom stereocenters. The summed E-state index contributed by atoms with van der Waals surface area (Å²) in [6.45, 7) is 3.00. The number of hydrogen-bond donors (Lipinski definition) is 0. The van der Waals surface area contributed by atoms with Gasteiger partial charge in [-0.1, -0.05) is 80.4 Å². The average molecular weight is 266 g/mol. The Balaban J connectivity index is 2.02. The van der Waals surface area contributed by atoms with E-state index < -0.39 is 0 Å². The fourth-order valence-electron chi connectivity index (χ4n) is 2.03. The molecule has 20 heavy (non-hydrogen) atoms. The molecule has 2 aromatic rings. The normalized spacial score (nSPS) is 10.8. The fourth-order valence-corrected chi connectivity index (χ4v) is 2.03. The quantitative estimate of drug-likeness (QED) is 0.480. The summed E-state index contributed by atoms with van der Waals surface area (Å²) in [6.07, 6.45) is 7.80. The van der Waals surface area contributed by atoms with Gasteiger partial charge in [-0.15, -0.1) is 0 Å².